The van der Waals surface area contributed by atoms with E-state index in [1.807, 2.05) is 6.07 Å². The van der Waals surface area contributed by atoms with Crippen LogP contribution in [0.3, 0.4) is 0 Å². The van der Waals surface area contributed by atoms with Gasteiger partial charge in [-0.2, -0.15) is 0 Å². The first-order valence-electron chi connectivity index (χ1n) is 7.55. The van der Waals surface area contributed by atoms with Gasteiger partial charge in [0, 0.05) is 12.3 Å². The van der Waals surface area contributed by atoms with Crippen LogP contribution >= 0.6 is 0 Å². The Kier molecular flexibility index (Phi) is 5.13. The second-order valence-electron chi connectivity index (χ2n) is 5.32. The highest BCUT2D eigenvalue weighted by atomic mass is 32.2. The van der Waals surface area contributed by atoms with E-state index in [-0.39, 0.29) is 17.2 Å². The van der Waals surface area contributed by atoms with Crippen LogP contribution in [-0.2, 0) is 16.6 Å². The molecule has 8 heteroatoms. The Balaban J connectivity index is 1.74. The van der Waals surface area contributed by atoms with Crippen LogP contribution in [0, 0.1) is 11.6 Å². The molecule has 2 aromatic carbocycles. The number of nitrogens with zero attached hydrogens (tertiary/aromatic N) is 1. The lowest BCUT2D eigenvalue weighted by molar-refractivity contribution is 0.301. The summed E-state index contributed by atoms with van der Waals surface area (Å²) in [7, 11) is -4.06. The normalized spacial score (nSPS) is 11.2. The van der Waals surface area contributed by atoms with Crippen LogP contribution in [0.4, 0.5) is 14.5 Å². The van der Waals surface area contributed by atoms with Crippen molar-refractivity contribution in [1.29, 1.82) is 0 Å². The molecule has 1 aromatic heterocycles. The second kappa shape index (κ2) is 7.49. The summed E-state index contributed by atoms with van der Waals surface area (Å²) in [5, 5.41) is 0. The lowest BCUT2D eigenvalue weighted by atomic mass is 10.3. The van der Waals surface area contributed by atoms with E-state index >= 15 is 0 Å². The number of pyridine rings is 1. The fourth-order valence-corrected chi connectivity index (χ4v) is 3.21. The van der Waals surface area contributed by atoms with Gasteiger partial charge in [-0.25, -0.2) is 17.2 Å². The van der Waals surface area contributed by atoms with Crippen LogP contribution in [-0.4, -0.2) is 13.4 Å². The second-order valence-corrected chi connectivity index (χ2v) is 7.00. The van der Waals surface area contributed by atoms with Gasteiger partial charge in [-0.1, -0.05) is 12.1 Å². The average Bonchev–Trinajstić information content (AvgIpc) is 2.63. The number of rotatable bonds is 6. The highest BCUT2D eigenvalue weighted by molar-refractivity contribution is 7.92. The molecule has 0 unspecified atom stereocenters. The van der Waals surface area contributed by atoms with Crippen molar-refractivity contribution in [2.75, 3.05) is 4.72 Å². The van der Waals surface area contributed by atoms with E-state index in [1.54, 1.807) is 30.5 Å². The van der Waals surface area contributed by atoms with Crippen molar-refractivity contribution < 1.29 is 21.9 Å². The average molecular weight is 376 g/mol. The quantitative estimate of drug-likeness (QED) is 0.712. The highest BCUT2D eigenvalue weighted by Gasteiger charge is 2.17. The first-order chi connectivity index (χ1) is 12.4. The Hall–Kier alpha value is -3.00. The van der Waals surface area contributed by atoms with Crippen LogP contribution in [0.1, 0.15) is 5.69 Å². The Morgan fingerprint density at radius 1 is 0.962 bits per heavy atom. The van der Waals surface area contributed by atoms with E-state index in [4.69, 9.17) is 4.74 Å². The van der Waals surface area contributed by atoms with E-state index in [0.717, 1.165) is 17.8 Å². The number of aromatic nitrogens is 1. The van der Waals surface area contributed by atoms with Crippen molar-refractivity contribution in [3.05, 3.63) is 84.2 Å². The molecular weight excluding hydrogens is 362 g/mol. The number of hydrogen-bond acceptors (Lipinski definition) is 4. The zero-order chi connectivity index (χ0) is 18.6. The largest absolute Gasteiger partial charge is 0.487 e. The van der Waals surface area contributed by atoms with Gasteiger partial charge >= 0.3 is 0 Å². The summed E-state index contributed by atoms with van der Waals surface area (Å²) in [5.41, 5.74) is 0.952. The smallest absolute Gasteiger partial charge is 0.262 e. The van der Waals surface area contributed by atoms with Gasteiger partial charge < -0.3 is 4.74 Å². The summed E-state index contributed by atoms with van der Waals surface area (Å²) < 4.78 is 58.8. The van der Waals surface area contributed by atoms with Crippen LogP contribution in [0.15, 0.2) is 71.8 Å². The number of sulfonamides is 1. The van der Waals surface area contributed by atoms with Gasteiger partial charge in [-0.05, 0) is 42.5 Å². The third kappa shape index (κ3) is 4.34. The fourth-order valence-electron chi connectivity index (χ4n) is 2.15. The zero-order valence-corrected chi connectivity index (χ0v) is 14.2. The molecule has 0 fully saturated rings. The maximum absolute atomic E-state index is 13.3. The van der Waals surface area contributed by atoms with E-state index in [2.05, 4.69) is 9.71 Å². The maximum atomic E-state index is 13.3. The summed E-state index contributed by atoms with van der Waals surface area (Å²) in [5.74, 6) is -1.92. The van der Waals surface area contributed by atoms with Crippen molar-refractivity contribution in [2.45, 2.75) is 11.5 Å². The van der Waals surface area contributed by atoms with Gasteiger partial charge in [0.2, 0.25) is 0 Å². The molecule has 0 aliphatic carbocycles. The molecule has 5 nitrogen and oxygen atoms in total. The van der Waals surface area contributed by atoms with Crippen molar-refractivity contribution in [3.8, 4) is 5.75 Å². The molecule has 0 aliphatic heterocycles. The molecule has 1 heterocycles. The molecule has 0 aliphatic rings. The molecule has 0 radical (unpaired) electrons. The molecule has 3 aromatic rings. The molecule has 0 bridgehead atoms. The van der Waals surface area contributed by atoms with Gasteiger partial charge in [-0.3, -0.25) is 9.71 Å². The molecule has 0 amide bonds. The summed E-state index contributed by atoms with van der Waals surface area (Å²) in [4.78, 5) is 3.75. The Morgan fingerprint density at radius 2 is 1.81 bits per heavy atom. The number of hydrogen-bond donors (Lipinski definition) is 1. The van der Waals surface area contributed by atoms with Crippen molar-refractivity contribution >= 4 is 15.7 Å². The molecule has 0 spiro atoms. The summed E-state index contributed by atoms with van der Waals surface area (Å²) in [6, 6.07) is 14.1. The van der Waals surface area contributed by atoms with Crippen molar-refractivity contribution in [1.82, 2.24) is 4.98 Å². The predicted molar refractivity (Wildman–Crippen MR) is 92.2 cm³/mol. The van der Waals surface area contributed by atoms with Gasteiger partial charge in [0.1, 0.15) is 12.4 Å². The minimum atomic E-state index is -4.06. The summed E-state index contributed by atoms with van der Waals surface area (Å²) >= 11 is 0. The molecule has 0 saturated heterocycles. The zero-order valence-electron chi connectivity index (χ0n) is 13.4. The first kappa shape index (κ1) is 17.8. The molecule has 0 saturated carbocycles. The summed E-state index contributed by atoms with van der Waals surface area (Å²) in [6.07, 6.45) is 1.64. The Bertz CT molecular complexity index is 1010. The summed E-state index contributed by atoms with van der Waals surface area (Å²) in [6.45, 7) is 0.222. The van der Waals surface area contributed by atoms with Crippen LogP contribution < -0.4 is 9.46 Å². The molecule has 1 N–H and O–H groups in total. The topological polar surface area (TPSA) is 68.3 Å². The Morgan fingerprint density at radius 3 is 2.54 bits per heavy atom. The van der Waals surface area contributed by atoms with Crippen LogP contribution in [0.2, 0.25) is 0 Å². The molecule has 3 rings (SSSR count). The minimum absolute atomic E-state index is 0.222. The van der Waals surface area contributed by atoms with Crippen LogP contribution in [0.5, 0.6) is 5.75 Å². The predicted octanol–water partition coefficient (Wildman–Crippen LogP) is 3.74. The number of nitrogens with one attached hydrogen (secondary N) is 1. The van der Waals surface area contributed by atoms with Crippen molar-refractivity contribution in [3.63, 3.8) is 0 Å². The number of anilines is 1. The first-order valence-corrected chi connectivity index (χ1v) is 9.03. The highest BCUT2D eigenvalue weighted by Crippen LogP contribution is 2.22. The molecular formula is C18H14F2N2O3S. The van der Waals surface area contributed by atoms with E-state index < -0.39 is 21.7 Å². The van der Waals surface area contributed by atoms with E-state index in [0.29, 0.717) is 11.8 Å². The maximum Gasteiger partial charge on any atom is 0.262 e. The standard InChI is InChI=1S/C18H14F2N2O3S/c19-17-8-7-16(11-18(17)20)26(23,24)22-13-5-3-6-15(10-13)25-12-14-4-1-2-9-21-14/h1-11,22H,12H2. The van der Waals surface area contributed by atoms with Gasteiger partial charge in [0.05, 0.1) is 16.3 Å². The third-order valence-electron chi connectivity index (χ3n) is 3.40. The van der Waals surface area contributed by atoms with Crippen LogP contribution in [0.25, 0.3) is 0 Å². The third-order valence-corrected chi connectivity index (χ3v) is 4.78. The Labute approximate surface area is 149 Å². The van der Waals surface area contributed by atoms with Crippen molar-refractivity contribution in [2.24, 2.45) is 0 Å². The van der Waals surface area contributed by atoms with E-state index in [1.165, 1.54) is 12.1 Å². The number of halogens is 2. The monoisotopic (exact) mass is 376 g/mol. The van der Waals surface area contributed by atoms with E-state index in [9.17, 15) is 17.2 Å². The molecule has 134 valence electrons. The lowest BCUT2D eigenvalue weighted by Gasteiger charge is -2.11. The fraction of sp³-hybridized carbons (Fsp3) is 0.0556. The molecule has 26 heavy (non-hydrogen) atoms. The number of benzene rings is 2. The van der Waals surface area contributed by atoms with Gasteiger partial charge in [0.15, 0.2) is 11.6 Å². The SMILES string of the molecule is O=S(=O)(Nc1cccc(OCc2ccccn2)c1)c1ccc(F)c(F)c1. The lowest BCUT2D eigenvalue weighted by Crippen LogP contribution is -2.13. The van der Waals surface area contributed by atoms with Gasteiger partial charge in [-0.15, -0.1) is 0 Å². The molecule has 0 atom stereocenters. The van der Waals surface area contributed by atoms with Gasteiger partial charge in [0.25, 0.3) is 10.0 Å². The number of ether oxygens (including phenoxy) is 1. The minimum Gasteiger partial charge on any atom is -0.487 e.